The second kappa shape index (κ2) is 4.83. The maximum Gasteiger partial charge on any atom is 0.263 e. The number of nitrogens with one attached hydrogen (secondary N) is 2. The first-order valence-electron chi connectivity index (χ1n) is 5.60. The zero-order valence-corrected chi connectivity index (χ0v) is 10.7. The molecule has 1 aromatic heterocycles. The molecule has 2 amide bonds. The fourth-order valence-corrected chi connectivity index (χ4v) is 2.70. The van der Waals surface area contributed by atoms with Crippen LogP contribution in [0, 0.1) is 13.8 Å². The summed E-state index contributed by atoms with van der Waals surface area (Å²) in [6, 6.07) is -0.405. The highest BCUT2D eigenvalue weighted by Gasteiger charge is 2.25. The van der Waals surface area contributed by atoms with Crippen LogP contribution in [0.2, 0.25) is 0 Å². The summed E-state index contributed by atoms with van der Waals surface area (Å²) < 4.78 is 0. The van der Waals surface area contributed by atoms with Crippen molar-refractivity contribution in [1.82, 2.24) is 15.6 Å². The van der Waals surface area contributed by atoms with Gasteiger partial charge < -0.3 is 10.6 Å². The summed E-state index contributed by atoms with van der Waals surface area (Å²) in [7, 11) is 0. The Labute approximate surface area is 104 Å². The van der Waals surface area contributed by atoms with E-state index in [9.17, 15) is 9.59 Å². The van der Waals surface area contributed by atoms with Crippen LogP contribution >= 0.6 is 11.3 Å². The van der Waals surface area contributed by atoms with Gasteiger partial charge in [0.2, 0.25) is 5.91 Å². The van der Waals surface area contributed by atoms with Crippen molar-refractivity contribution in [1.29, 1.82) is 0 Å². The number of rotatable bonds is 2. The van der Waals surface area contributed by atoms with Gasteiger partial charge in [0.15, 0.2) is 0 Å². The molecule has 1 atom stereocenters. The molecule has 0 aromatic carbocycles. The number of thiazole rings is 1. The lowest BCUT2D eigenvalue weighted by atomic mass is 10.1. The molecule has 0 saturated carbocycles. The molecule has 92 valence electrons. The summed E-state index contributed by atoms with van der Waals surface area (Å²) >= 11 is 1.36. The summed E-state index contributed by atoms with van der Waals surface area (Å²) in [4.78, 5) is 28.3. The van der Waals surface area contributed by atoms with Gasteiger partial charge >= 0.3 is 0 Å². The van der Waals surface area contributed by atoms with E-state index in [1.54, 1.807) is 6.92 Å². The number of aryl methyl sites for hydroxylation is 2. The molecule has 0 bridgehead atoms. The second-order valence-electron chi connectivity index (χ2n) is 4.11. The predicted molar refractivity (Wildman–Crippen MR) is 65.1 cm³/mol. The van der Waals surface area contributed by atoms with E-state index in [0.29, 0.717) is 17.8 Å². The molecule has 0 spiro atoms. The van der Waals surface area contributed by atoms with E-state index in [0.717, 1.165) is 17.1 Å². The van der Waals surface area contributed by atoms with E-state index in [2.05, 4.69) is 15.6 Å². The first kappa shape index (κ1) is 12.0. The van der Waals surface area contributed by atoms with E-state index in [1.807, 2.05) is 6.92 Å². The minimum absolute atomic E-state index is 0.0940. The molecule has 1 saturated heterocycles. The Morgan fingerprint density at radius 1 is 1.53 bits per heavy atom. The van der Waals surface area contributed by atoms with Crippen LogP contribution in [0.25, 0.3) is 0 Å². The fourth-order valence-electron chi connectivity index (χ4n) is 1.88. The number of carbonyl (C=O) groups is 2. The number of hydrogen-bond donors (Lipinski definition) is 2. The third kappa shape index (κ3) is 2.63. The van der Waals surface area contributed by atoms with Gasteiger partial charge in [0.05, 0.1) is 10.7 Å². The average Bonchev–Trinajstić information content (AvgIpc) is 2.61. The Morgan fingerprint density at radius 2 is 2.29 bits per heavy atom. The molecule has 1 aliphatic heterocycles. The van der Waals surface area contributed by atoms with Crippen LogP contribution in [0.15, 0.2) is 0 Å². The van der Waals surface area contributed by atoms with Crippen molar-refractivity contribution in [3.05, 3.63) is 15.6 Å². The van der Waals surface area contributed by atoms with E-state index in [4.69, 9.17) is 0 Å². The zero-order chi connectivity index (χ0) is 12.4. The van der Waals surface area contributed by atoms with E-state index < -0.39 is 6.04 Å². The van der Waals surface area contributed by atoms with Crippen molar-refractivity contribution in [2.45, 2.75) is 32.7 Å². The van der Waals surface area contributed by atoms with Crippen LogP contribution in [0.3, 0.4) is 0 Å². The van der Waals surface area contributed by atoms with Crippen LogP contribution in [-0.2, 0) is 4.79 Å². The minimum atomic E-state index is -0.405. The molecular weight excluding hydrogens is 238 g/mol. The van der Waals surface area contributed by atoms with Crippen LogP contribution < -0.4 is 10.6 Å². The molecule has 1 fully saturated rings. The molecule has 2 N–H and O–H groups in total. The molecule has 6 heteroatoms. The quantitative estimate of drug-likeness (QED) is 0.817. The van der Waals surface area contributed by atoms with Gasteiger partial charge in [-0.1, -0.05) is 0 Å². The van der Waals surface area contributed by atoms with Crippen molar-refractivity contribution < 1.29 is 9.59 Å². The van der Waals surface area contributed by atoms with Crippen molar-refractivity contribution in [3.63, 3.8) is 0 Å². The van der Waals surface area contributed by atoms with Gasteiger partial charge in [-0.3, -0.25) is 9.59 Å². The van der Waals surface area contributed by atoms with Gasteiger partial charge in [-0.15, -0.1) is 11.3 Å². The van der Waals surface area contributed by atoms with Crippen LogP contribution in [0.1, 0.15) is 33.2 Å². The SMILES string of the molecule is Cc1nc(C)c(C(=O)NC2CCCNC2=O)s1. The maximum absolute atomic E-state index is 12.0. The van der Waals surface area contributed by atoms with Gasteiger partial charge in [0.1, 0.15) is 10.9 Å². The Morgan fingerprint density at radius 3 is 2.88 bits per heavy atom. The van der Waals surface area contributed by atoms with E-state index >= 15 is 0 Å². The number of amides is 2. The van der Waals surface area contributed by atoms with Gasteiger partial charge in [0, 0.05) is 6.54 Å². The molecule has 0 radical (unpaired) electrons. The predicted octanol–water partition coefficient (Wildman–Crippen LogP) is 0.768. The third-order valence-corrected chi connectivity index (χ3v) is 3.77. The standard InChI is InChI=1S/C11H15N3O2S/c1-6-9(17-7(2)13-6)11(16)14-8-4-3-5-12-10(8)15/h8H,3-5H2,1-2H3,(H,12,15)(H,14,16). The summed E-state index contributed by atoms with van der Waals surface area (Å²) in [5.74, 6) is -0.293. The molecule has 2 heterocycles. The Bertz CT molecular complexity index is 456. The molecule has 1 aromatic rings. The number of carbonyl (C=O) groups excluding carboxylic acids is 2. The minimum Gasteiger partial charge on any atom is -0.354 e. The molecule has 2 rings (SSSR count). The number of piperidine rings is 1. The van der Waals surface area contributed by atoms with E-state index in [1.165, 1.54) is 11.3 Å². The van der Waals surface area contributed by atoms with Gasteiger partial charge in [0.25, 0.3) is 5.91 Å². The lowest BCUT2D eigenvalue weighted by Crippen LogP contribution is -2.50. The molecule has 17 heavy (non-hydrogen) atoms. The van der Waals surface area contributed by atoms with Crippen molar-refractivity contribution in [2.75, 3.05) is 6.54 Å². The molecule has 1 unspecified atom stereocenters. The highest BCUT2D eigenvalue weighted by Crippen LogP contribution is 2.17. The molecule has 1 aliphatic rings. The fraction of sp³-hybridized carbons (Fsp3) is 0.545. The van der Waals surface area contributed by atoms with Crippen LogP contribution in [-0.4, -0.2) is 29.4 Å². The van der Waals surface area contributed by atoms with Gasteiger partial charge in [-0.2, -0.15) is 0 Å². The van der Waals surface area contributed by atoms with Crippen molar-refractivity contribution in [3.8, 4) is 0 Å². The Balaban J connectivity index is 2.06. The molecular formula is C11H15N3O2S. The van der Waals surface area contributed by atoms with Crippen LogP contribution in [0.5, 0.6) is 0 Å². The summed E-state index contributed by atoms with van der Waals surface area (Å²) in [6.07, 6.45) is 1.60. The topological polar surface area (TPSA) is 71.1 Å². The first-order valence-corrected chi connectivity index (χ1v) is 6.42. The maximum atomic E-state index is 12.0. The first-order chi connectivity index (χ1) is 8.08. The molecule has 0 aliphatic carbocycles. The van der Waals surface area contributed by atoms with Crippen molar-refractivity contribution >= 4 is 23.2 Å². The van der Waals surface area contributed by atoms with E-state index in [-0.39, 0.29) is 11.8 Å². The smallest absolute Gasteiger partial charge is 0.263 e. The number of nitrogens with zero attached hydrogens (tertiary/aromatic N) is 1. The average molecular weight is 253 g/mol. The summed E-state index contributed by atoms with van der Waals surface area (Å²) in [5, 5.41) is 6.36. The monoisotopic (exact) mass is 253 g/mol. The highest BCUT2D eigenvalue weighted by atomic mass is 32.1. The normalized spacial score (nSPS) is 19.9. The van der Waals surface area contributed by atoms with Crippen molar-refractivity contribution in [2.24, 2.45) is 0 Å². The second-order valence-corrected chi connectivity index (χ2v) is 5.31. The van der Waals surface area contributed by atoms with Crippen LogP contribution in [0.4, 0.5) is 0 Å². The number of hydrogen-bond acceptors (Lipinski definition) is 4. The third-order valence-electron chi connectivity index (χ3n) is 2.70. The summed E-state index contributed by atoms with van der Waals surface area (Å²) in [6.45, 7) is 4.37. The lowest BCUT2D eigenvalue weighted by Gasteiger charge is -2.22. The van der Waals surface area contributed by atoms with Gasteiger partial charge in [-0.25, -0.2) is 4.98 Å². The zero-order valence-electron chi connectivity index (χ0n) is 9.87. The Kier molecular flexibility index (Phi) is 3.42. The molecule has 5 nitrogen and oxygen atoms in total. The summed E-state index contributed by atoms with van der Waals surface area (Å²) in [5.41, 5.74) is 0.723. The lowest BCUT2D eigenvalue weighted by molar-refractivity contribution is -0.124. The Hall–Kier alpha value is -1.43. The number of aromatic nitrogens is 1. The largest absolute Gasteiger partial charge is 0.354 e. The highest BCUT2D eigenvalue weighted by molar-refractivity contribution is 7.13. The van der Waals surface area contributed by atoms with Gasteiger partial charge in [-0.05, 0) is 26.7 Å².